The summed E-state index contributed by atoms with van der Waals surface area (Å²) in [7, 11) is 1.17. The minimum absolute atomic E-state index is 0.140. The Bertz CT molecular complexity index is 1050. The van der Waals surface area contributed by atoms with Gasteiger partial charge in [0.15, 0.2) is 5.78 Å². The molecule has 0 aromatic heterocycles. The van der Waals surface area contributed by atoms with E-state index in [0.717, 1.165) is 27.8 Å². The Morgan fingerprint density at radius 1 is 0.806 bits per heavy atom. The Kier molecular flexibility index (Phi) is 8.84. The Morgan fingerprint density at radius 2 is 1.35 bits per heavy atom. The fourth-order valence-corrected chi connectivity index (χ4v) is 3.66. The first-order chi connectivity index (χ1) is 14.9. The molecule has 31 heavy (non-hydrogen) atoms. The lowest BCUT2D eigenvalue weighted by Gasteiger charge is -2.20. The number of rotatable bonds is 6. The second kappa shape index (κ2) is 11.3. The molecule has 0 radical (unpaired) electrons. The van der Waals surface area contributed by atoms with Crippen LogP contribution in [0.5, 0.6) is 0 Å². The quantitative estimate of drug-likeness (QED) is 0.211. The number of hydrogen-bond donors (Lipinski definition) is 0. The van der Waals surface area contributed by atoms with Gasteiger partial charge < -0.3 is 4.74 Å². The van der Waals surface area contributed by atoms with Gasteiger partial charge in [0, 0.05) is 5.56 Å². The maximum atomic E-state index is 13.6. The fourth-order valence-electron chi connectivity index (χ4n) is 3.66. The number of ether oxygens (including phenoxy) is 1. The van der Waals surface area contributed by atoms with Crippen molar-refractivity contribution in [2.45, 2.75) is 40.2 Å². The van der Waals surface area contributed by atoms with Crippen molar-refractivity contribution < 1.29 is 18.9 Å². The van der Waals surface area contributed by atoms with E-state index in [1.165, 1.54) is 9.12 Å². The summed E-state index contributed by atoms with van der Waals surface area (Å²) in [6, 6.07) is 20.6. The van der Waals surface area contributed by atoms with Crippen molar-refractivity contribution >= 4 is 20.9 Å². The van der Waals surface area contributed by atoms with Crippen LogP contribution in [0.1, 0.15) is 49.7 Å². The van der Waals surface area contributed by atoms with E-state index in [4.69, 9.17) is 9.30 Å². The molecule has 0 spiro atoms. The van der Waals surface area contributed by atoms with Crippen LogP contribution in [0, 0.1) is 27.7 Å². The largest absolute Gasteiger partial charge is 0.460 e. The van der Waals surface area contributed by atoms with Gasteiger partial charge in [0.05, 0.1) is 0 Å². The van der Waals surface area contributed by atoms with Crippen LogP contribution < -0.4 is 0 Å². The molecule has 3 aromatic carbocycles. The van der Waals surface area contributed by atoms with Gasteiger partial charge in [0.1, 0.15) is 12.5 Å². The van der Waals surface area contributed by atoms with Gasteiger partial charge in [-0.15, -0.1) is 0 Å². The van der Waals surface area contributed by atoms with Gasteiger partial charge in [-0.25, -0.2) is 0 Å². The lowest BCUT2D eigenvalue weighted by atomic mass is 9.84. The number of carbonyl (C=O) groups is 2. The van der Waals surface area contributed by atoms with Crippen molar-refractivity contribution in [2.75, 3.05) is 0 Å². The van der Waals surface area contributed by atoms with Gasteiger partial charge in [0.25, 0.3) is 0 Å². The van der Waals surface area contributed by atoms with Crippen molar-refractivity contribution in [3.8, 4) is 0 Å². The Balaban J connectivity index is 0.00000166. The molecular formula is C26H28O4P+. The van der Waals surface area contributed by atoms with Crippen LogP contribution in [0.4, 0.5) is 0 Å². The number of aryl methyl sites for hydroxylation is 2. The maximum absolute atomic E-state index is 13.6. The summed E-state index contributed by atoms with van der Waals surface area (Å²) in [5, 5.41) is 0. The van der Waals surface area contributed by atoms with Gasteiger partial charge in [-0.3, -0.25) is 9.59 Å². The summed E-state index contributed by atoms with van der Waals surface area (Å²) >= 11 is 0. The van der Waals surface area contributed by atoms with Crippen molar-refractivity contribution in [3.05, 3.63) is 106 Å². The first-order valence-corrected chi connectivity index (χ1v) is 10.5. The third-order valence-electron chi connectivity index (χ3n) is 5.46. The lowest BCUT2D eigenvalue weighted by molar-refractivity contribution is -0.145. The molecule has 0 heterocycles. The molecule has 0 amide bonds. The van der Waals surface area contributed by atoms with Crippen molar-refractivity contribution in [1.82, 2.24) is 0 Å². The average molecular weight is 435 g/mol. The molecule has 0 saturated carbocycles. The highest BCUT2D eigenvalue weighted by atomic mass is 31.0. The second-order valence-corrected chi connectivity index (χ2v) is 7.44. The van der Waals surface area contributed by atoms with Crippen LogP contribution in [-0.2, 0) is 20.7 Å². The first-order valence-electron chi connectivity index (χ1n) is 10.0. The standard InChI is InChI=1S/C26H26O3.H2OP/c1-17-15-18(2)23(20(4)19(17)3)25(27)24(22-13-9-6-10-14-22)26(28)29-16-21-11-7-5-8-12-21;1-2/h5-15,24H,16H2,1-4H3;2H2/q;+1. The number of esters is 1. The number of ketones is 1. The topological polar surface area (TPSA) is 60.4 Å². The number of carbonyl (C=O) groups excluding carboxylic acids is 2. The summed E-state index contributed by atoms with van der Waals surface area (Å²) in [6.07, 6.45) is 0. The number of hydrogen-bond acceptors (Lipinski definition) is 4. The van der Waals surface area contributed by atoms with Crippen LogP contribution in [0.15, 0.2) is 66.7 Å². The van der Waals surface area contributed by atoms with E-state index in [9.17, 15) is 9.59 Å². The highest BCUT2D eigenvalue weighted by Gasteiger charge is 2.33. The Hall–Kier alpha value is -3.10. The Morgan fingerprint density at radius 3 is 1.94 bits per heavy atom. The zero-order valence-corrected chi connectivity index (χ0v) is 19.5. The van der Waals surface area contributed by atoms with Crippen molar-refractivity contribution in [3.63, 3.8) is 0 Å². The van der Waals surface area contributed by atoms with Crippen LogP contribution in [0.2, 0.25) is 0 Å². The molecule has 2 atom stereocenters. The lowest BCUT2D eigenvalue weighted by Crippen LogP contribution is -2.26. The van der Waals surface area contributed by atoms with Gasteiger partial charge in [-0.05, 0) is 61.1 Å². The van der Waals surface area contributed by atoms with E-state index in [2.05, 4.69) is 0 Å². The molecule has 3 aromatic rings. The van der Waals surface area contributed by atoms with Gasteiger partial charge in [-0.2, -0.15) is 0 Å². The van der Waals surface area contributed by atoms with Crippen LogP contribution in [0.3, 0.4) is 0 Å². The monoisotopic (exact) mass is 435 g/mol. The molecule has 4 nitrogen and oxygen atoms in total. The average Bonchev–Trinajstić information content (AvgIpc) is 2.79. The van der Waals surface area contributed by atoms with Crippen LogP contribution >= 0.6 is 9.12 Å². The molecule has 0 aliphatic carbocycles. The third kappa shape index (κ3) is 5.74. The van der Waals surface area contributed by atoms with E-state index >= 15 is 0 Å². The first kappa shape index (κ1) is 24.2. The molecular weight excluding hydrogens is 407 g/mol. The summed E-state index contributed by atoms with van der Waals surface area (Å²) in [6.45, 7) is 8.05. The Labute approximate surface area is 185 Å². The molecule has 0 aliphatic heterocycles. The van der Waals surface area contributed by atoms with Crippen LogP contribution in [-0.4, -0.2) is 11.8 Å². The molecule has 0 bridgehead atoms. The predicted octanol–water partition coefficient (Wildman–Crippen LogP) is 5.84. The molecule has 0 fully saturated rings. The summed E-state index contributed by atoms with van der Waals surface area (Å²) in [5.74, 6) is -1.73. The normalized spacial score (nSPS) is 11.1. The third-order valence-corrected chi connectivity index (χ3v) is 5.46. The van der Waals surface area contributed by atoms with Crippen molar-refractivity contribution in [2.24, 2.45) is 0 Å². The molecule has 5 heteroatoms. The highest BCUT2D eigenvalue weighted by Crippen LogP contribution is 2.29. The van der Waals surface area contributed by atoms with E-state index in [1.807, 2.05) is 82.3 Å². The summed E-state index contributed by atoms with van der Waals surface area (Å²) in [5.41, 5.74) is 6.16. The zero-order chi connectivity index (χ0) is 23.0. The molecule has 0 aliphatic rings. The molecule has 0 N–H and O–H groups in total. The summed E-state index contributed by atoms with van der Waals surface area (Å²) < 4.78 is 13.7. The SMILES string of the molecule is Cc1cc(C)c(C(=O)C(C(=O)OCc2ccccc2)c2ccccc2)c(C)c1C.O=[PH2+]. The minimum Gasteiger partial charge on any atom is -0.460 e. The van der Waals surface area contributed by atoms with Crippen LogP contribution in [0.25, 0.3) is 0 Å². The summed E-state index contributed by atoms with van der Waals surface area (Å²) in [4.78, 5) is 26.7. The zero-order valence-electron chi connectivity index (χ0n) is 18.3. The van der Waals surface area contributed by atoms with E-state index in [1.54, 1.807) is 12.1 Å². The van der Waals surface area contributed by atoms with E-state index in [-0.39, 0.29) is 12.4 Å². The molecule has 3 rings (SSSR count). The minimum atomic E-state index is -0.987. The van der Waals surface area contributed by atoms with Gasteiger partial charge >= 0.3 is 15.1 Å². The number of benzene rings is 3. The molecule has 2 unspecified atom stereocenters. The number of Topliss-reactive ketones (excluding diaryl/α,β-unsaturated/α-hetero) is 1. The van der Waals surface area contributed by atoms with E-state index < -0.39 is 11.9 Å². The predicted molar refractivity (Wildman–Crippen MR) is 126 cm³/mol. The maximum Gasteiger partial charge on any atom is 0.321 e. The molecule has 160 valence electrons. The highest BCUT2D eigenvalue weighted by molar-refractivity contribution is 7.00. The van der Waals surface area contributed by atoms with Gasteiger partial charge in [0.2, 0.25) is 0 Å². The second-order valence-electron chi connectivity index (χ2n) is 7.44. The smallest absolute Gasteiger partial charge is 0.321 e. The molecule has 0 saturated heterocycles. The fraction of sp³-hybridized carbons (Fsp3) is 0.231. The van der Waals surface area contributed by atoms with Crippen molar-refractivity contribution in [1.29, 1.82) is 0 Å². The van der Waals surface area contributed by atoms with E-state index in [0.29, 0.717) is 11.1 Å². The van der Waals surface area contributed by atoms with Gasteiger partial charge in [-0.1, -0.05) is 71.3 Å².